The molecule has 0 aliphatic rings. The van der Waals surface area contributed by atoms with E-state index in [4.69, 9.17) is 0 Å². The maximum Gasteiger partial charge on any atom is 0.141 e. The Morgan fingerprint density at radius 1 is 1.11 bits per heavy atom. The van der Waals surface area contributed by atoms with E-state index in [0.717, 1.165) is 33.5 Å². The van der Waals surface area contributed by atoms with Gasteiger partial charge < -0.3 is 5.32 Å². The molecule has 1 atom stereocenters. The Labute approximate surface area is 156 Å². The Bertz CT molecular complexity index is 1090. The first-order valence-corrected chi connectivity index (χ1v) is 8.63. The fourth-order valence-electron chi connectivity index (χ4n) is 2.89. The Morgan fingerprint density at radius 2 is 2.04 bits per heavy atom. The fourth-order valence-corrected chi connectivity index (χ4v) is 2.89. The number of aromatic amines is 1. The minimum atomic E-state index is -0.339. The minimum absolute atomic E-state index is 0.0786. The van der Waals surface area contributed by atoms with Gasteiger partial charge in [0, 0.05) is 23.5 Å². The lowest BCUT2D eigenvalue weighted by Gasteiger charge is -2.15. The van der Waals surface area contributed by atoms with Crippen LogP contribution in [-0.2, 0) is 0 Å². The number of nitrogens with one attached hydrogen (secondary N) is 2. The Hall–Kier alpha value is -3.54. The van der Waals surface area contributed by atoms with E-state index < -0.39 is 0 Å². The van der Waals surface area contributed by atoms with Crippen molar-refractivity contribution in [2.45, 2.75) is 13.0 Å². The van der Waals surface area contributed by atoms with E-state index in [2.05, 4.69) is 25.5 Å². The topological polar surface area (TPSA) is 66.5 Å². The number of rotatable bonds is 5. The molecule has 0 amide bonds. The van der Waals surface area contributed by atoms with Crippen LogP contribution in [0.1, 0.15) is 29.9 Å². The van der Waals surface area contributed by atoms with Gasteiger partial charge >= 0.3 is 0 Å². The van der Waals surface area contributed by atoms with Gasteiger partial charge in [0.2, 0.25) is 0 Å². The zero-order valence-electron chi connectivity index (χ0n) is 14.7. The summed E-state index contributed by atoms with van der Waals surface area (Å²) >= 11 is 0. The molecule has 0 aliphatic carbocycles. The number of anilines is 1. The molecular weight excluding hydrogens is 341 g/mol. The number of nitrogens with zero attached hydrogens (tertiary/aromatic N) is 3. The quantitative estimate of drug-likeness (QED) is 0.535. The molecule has 0 radical (unpaired) electrons. The molecule has 2 N–H and O–H groups in total. The number of halogens is 1. The first-order valence-electron chi connectivity index (χ1n) is 8.63. The molecule has 0 spiro atoms. The van der Waals surface area contributed by atoms with E-state index >= 15 is 0 Å². The molecule has 6 heteroatoms. The third-order valence-electron chi connectivity index (χ3n) is 4.30. The van der Waals surface area contributed by atoms with E-state index in [9.17, 15) is 4.39 Å². The summed E-state index contributed by atoms with van der Waals surface area (Å²) in [6, 6.07) is 13.1. The monoisotopic (exact) mass is 359 g/mol. The molecule has 134 valence electrons. The summed E-state index contributed by atoms with van der Waals surface area (Å²) < 4.78 is 13.4. The lowest BCUT2D eigenvalue weighted by molar-refractivity contribution is 0.616. The molecule has 5 nitrogen and oxygen atoms in total. The predicted octanol–water partition coefficient (Wildman–Crippen LogP) is 4.84. The second-order valence-corrected chi connectivity index (χ2v) is 6.26. The van der Waals surface area contributed by atoms with Crippen molar-refractivity contribution < 1.29 is 4.39 Å². The zero-order valence-corrected chi connectivity index (χ0v) is 14.7. The first kappa shape index (κ1) is 16.9. The Kier molecular flexibility index (Phi) is 4.61. The van der Waals surface area contributed by atoms with Gasteiger partial charge in [0.05, 0.1) is 29.1 Å². The number of pyridine rings is 2. The minimum Gasteiger partial charge on any atom is -0.378 e. The number of benzene rings is 1. The van der Waals surface area contributed by atoms with E-state index in [-0.39, 0.29) is 11.9 Å². The van der Waals surface area contributed by atoms with E-state index in [1.54, 1.807) is 12.4 Å². The molecule has 4 aromatic rings. The summed E-state index contributed by atoms with van der Waals surface area (Å²) in [6.45, 7) is 1.97. The molecule has 0 bridgehead atoms. The molecule has 0 aliphatic heterocycles. The fraction of sp³-hybridized carbons (Fsp3) is 0.0952. The molecule has 0 fully saturated rings. The summed E-state index contributed by atoms with van der Waals surface area (Å²) in [7, 11) is 0. The summed E-state index contributed by atoms with van der Waals surface area (Å²) in [5, 5.41) is 11.8. The van der Waals surface area contributed by atoms with Gasteiger partial charge in [-0.25, -0.2) is 4.39 Å². The summed E-state index contributed by atoms with van der Waals surface area (Å²) in [5.74, 6) is -0.339. The number of hydrogen-bond donors (Lipinski definition) is 2. The molecular formula is C21H18FN5. The predicted molar refractivity (Wildman–Crippen MR) is 105 cm³/mol. The summed E-state index contributed by atoms with van der Waals surface area (Å²) in [4.78, 5) is 8.19. The maximum atomic E-state index is 13.4. The van der Waals surface area contributed by atoms with Crippen LogP contribution in [0, 0.1) is 5.82 Å². The first-order chi connectivity index (χ1) is 13.2. The highest BCUT2D eigenvalue weighted by Crippen LogP contribution is 2.25. The van der Waals surface area contributed by atoms with Crippen molar-refractivity contribution in [2.75, 3.05) is 5.32 Å². The lowest BCUT2D eigenvalue weighted by atomic mass is 10.1. The van der Waals surface area contributed by atoms with Gasteiger partial charge in [-0.05, 0) is 61.0 Å². The van der Waals surface area contributed by atoms with Crippen molar-refractivity contribution in [3.63, 3.8) is 0 Å². The molecule has 4 rings (SSSR count). The number of H-pyrrole nitrogens is 1. The van der Waals surface area contributed by atoms with Crippen LogP contribution < -0.4 is 5.32 Å². The van der Waals surface area contributed by atoms with Crippen molar-refractivity contribution in [3.8, 4) is 0 Å². The average Bonchev–Trinajstić information content (AvgIpc) is 3.09. The van der Waals surface area contributed by atoms with Crippen LogP contribution in [0.3, 0.4) is 0 Å². The van der Waals surface area contributed by atoms with Crippen molar-refractivity contribution in [1.82, 2.24) is 20.2 Å². The molecule has 0 saturated carbocycles. The van der Waals surface area contributed by atoms with Crippen LogP contribution in [0.2, 0.25) is 0 Å². The van der Waals surface area contributed by atoms with Crippen LogP contribution in [0.5, 0.6) is 0 Å². The standard InChI is InChI=1S/C21H18FN5/c1-14(15-10-16(22)13-23-12-15)25-18-6-8-21-19(11-18)20(26-27-21)7-5-17-4-2-3-9-24-17/h2-14,25H,1H3,(H,26,27). The molecule has 3 heterocycles. The van der Waals surface area contributed by atoms with Crippen molar-refractivity contribution in [1.29, 1.82) is 0 Å². The normalized spacial score (nSPS) is 12.5. The molecule has 3 aromatic heterocycles. The van der Waals surface area contributed by atoms with E-state index in [1.165, 1.54) is 12.3 Å². The van der Waals surface area contributed by atoms with Gasteiger partial charge in [-0.3, -0.25) is 15.1 Å². The third-order valence-corrected chi connectivity index (χ3v) is 4.30. The summed E-state index contributed by atoms with van der Waals surface area (Å²) in [6.07, 6.45) is 8.49. The van der Waals surface area contributed by atoms with Gasteiger partial charge in [-0.2, -0.15) is 5.10 Å². The van der Waals surface area contributed by atoms with Crippen molar-refractivity contribution in [2.24, 2.45) is 0 Å². The second-order valence-electron chi connectivity index (χ2n) is 6.26. The number of fused-ring (bicyclic) bond motifs is 1. The van der Waals surface area contributed by atoms with Crippen LogP contribution in [0.25, 0.3) is 23.1 Å². The molecule has 0 saturated heterocycles. The highest BCUT2D eigenvalue weighted by atomic mass is 19.1. The van der Waals surface area contributed by atoms with Crippen LogP contribution in [0.4, 0.5) is 10.1 Å². The smallest absolute Gasteiger partial charge is 0.141 e. The number of hydrogen-bond acceptors (Lipinski definition) is 4. The molecule has 1 unspecified atom stereocenters. The van der Waals surface area contributed by atoms with Gasteiger partial charge in [0.25, 0.3) is 0 Å². The molecule has 1 aromatic carbocycles. The van der Waals surface area contributed by atoms with Crippen LogP contribution in [-0.4, -0.2) is 20.2 Å². The van der Waals surface area contributed by atoms with Gasteiger partial charge in [0.15, 0.2) is 0 Å². The SMILES string of the molecule is CC(Nc1ccc2[nH]nc(C=Cc3ccccn3)c2c1)c1cncc(F)c1. The number of aromatic nitrogens is 4. The maximum absolute atomic E-state index is 13.4. The van der Waals surface area contributed by atoms with E-state index in [1.807, 2.05) is 55.5 Å². The largest absolute Gasteiger partial charge is 0.378 e. The van der Waals surface area contributed by atoms with E-state index in [0.29, 0.717) is 0 Å². The van der Waals surface area contributed by atoms with Crippen LogP contribution in [0.15, 0.2) is 61.1 Å². The highest BCUT2D eigenvalue weighted by molar-refractivity contribution is 5.91. The average molecular weight is 359 g/mol. The summed E-state index contributed by atoms with van der Waals surface area (Å²) in [5.41, 5.74) is 4.36. The lowest BCUT2D eigenvalue weighted by Crippen LogP contribution is -2.07. The second kappa shape index (κ2) is 7.37. The zero-order chi connectivity index (χ0) is 18.6. The highest BCUT2D eigenvalue weighted by Gasteiger charge is 2.09. The Morgan fingerprint density at radius 3 is 2.85 bits per heavy atom. The van der Waals surface area contributed by atoms with Crippen LogP contribution >= 0.6 is 0 Å². The van der Waals surface area contributed by atoms with Gasteiger partial charge in [-0.15, -0.1) is 0 Å². The molecule has 27 heavy (non-hydrogen) atoms. The van der Waals surface area contributed by atoms with Crippen molar-refractivity contribution in [3.05, 3.63) is 83.8 Å². The van der Waals surface area contributed by atoms with Gasteiger partial charge in [0.1, 0.15) is 5.82 Å². The van der Waals surface area contributed by atoms with Crippen molar-refractivity contribution >= 4 is 28.7 Å². The Balaban J connectivity index is 1.59. The van der Waals surface area contributed by atoms with Gasteiger partial charge in [-0.1, -0.05) is 6.07 Å². The third kappa shape index (κ3) is 3.84.